The average Bonchev–Trinajstić information content (AvgIpc) is 3.80. The second kappa shape index (κ2) is 9.07. The largest absolute Gasteiger partial charge is 0.308 e. The van der Waals surface area contributed by atoms with Gasteiger partial charge in [-0.1, -0.05) is 143 Å². The number of hydrogen-bond acceptors (Lipinski definition) is 0. The lowest BCUT2D eigenvalue weighted by molar-refractivity contribution is 0.660. The number of hydrogen-bond donors (Lipinski definition) is 0. The summed E-state index contributed by atoms with van der Waals surface area (Å²) in [6.45, 7) is 9.48. The van der Waals surface area contributed by atoms with Gasteiger partial charge in [0.25, 0.3) is 0 Å². The number of aromatic nitrogens is 1. The average molecular weight is 626 g/mol. The molecule has 2 heterocycles. The molecule has 9 aromatic rings. The van der Waals surface area contributed by atoms with E-state index >= 15 is 0 Å². The van der Waals surface area contributed by atoms with Gasteiger partial charge in [-0.25, -0.2) is 0 Å². The van der Waals surface area contributed by atoms with Crippen molar-refractivity contribution in [2.24, 2.45) is 0 Å². The summed E-state index contributed by atoms with van der Waals surface area (Å²) >= 11 is 0. The fourth-order valence-corrected chi connectivity index (χ4v) is 9.80. The van der Waals surface area contributed by atoms with Crippen molar-refractivity contribution < 1.29 is 0 Å². The molecule has 0 saturated heterocycles. The van der Waals surface area contributed by atoms with E-state index < -0.39 is 0 Å². The highest BCUT2D eigenvalue weighted by molar-refractivity contribution is 6.28. The van der Waals surface area contributed by atoms with E-state index in [0.29, 0.717) is 0 Å². The van der Waals surface area contributed by atoms with Crippen molar-refractivity contribution in [3.63, 3.8) is 0 Å². The van der Waals surface area contributed by atoms with Crippen LogP contribution in [0, 0.1) is 0 Å². The predicted octanol–water partition coefficient (Wildman–Crippen LogP) is 12.8. The topological polar surface area (TPSA) is 4.41 Å². The molecule has 0 unspecified atom stereocenters. The van der Waals surface area contributed by atoms with Crippen LogP contribution in [-0.2, 0) is 10.8 Å². The minimum absolute atomic E-state index is 0.0344. The molecule has 0 amide bonds. The van der Waals surface area contributed by atoms with Gasteiger partial charge in [0.15, 0.2) is 0 Å². The van der Waals surface area contributed by atoms with E-state index in [0.717, 1.165) is 0 Å². The molecule has 0 N–H and O–H groups in total. The van der Waals surface area contributed by atoms with E-state index in [9.17, 15) is 0 Å². The Hall–Kier alpha value is -5.66. The maximum Gasteiger partial charge on any atom is 0.0620 e. The van der Waals surface area contributed by atoms with E-state index in [1.807, 2.05) is 0 Å². The Morgan fingerprint density at radius 2 is 0.776 bits per heavy atom. The first-order valence-electron chi connectivity index (χ1n) is 17.5. The van der Waals surface area contributed by atoms with E-state index in [1.54, 1.807) is 0 Å². The molecule has 0 radical (unpaired) electrons. The summed E-state index contributed by atoms with van der Waals surface area (Å²) < 4.78 is 2.53. The summed E-state index contributed by atoms with van der Waals surface area (Å²) in [5.41, 5.74) is 20.1. The minimum Gasteiger partial charge on any atom is -0.308 e. The van der Waals surface area contributed by atoms with Gasteiger partial charge in [0.05, 0.1) is 16.6 Å². The molecule has 1 nitrogen and oxygen atoms in total. The normalized spacial score (nSPS) is 15.3. The van der Waals surface area contributed by atoms with Crippen LogP contribution in [0.5, 0.6) is 0 Å². The van der Waals surface area contributed by atoms with E-state index in [-0.39, 0.29) is 10.8 Å². The highest BCUT2D eigenvalue weighted by Crippen LogP contribution is 2.52. The molecule has 11 rings (SSSR count). The van der Waals surface area contributed by atoms with E-state index in [2.05, 4.69) is 172 Å². The molecule has 1 heteroatoms. The lowest BCUT2D eigenvalue weighted by Gasteiger charge is -2.22. The molecule has 0 aliphatic heterocycles. The quantitative estimate of drug-likeness (QED) is 0.180. The van der Waals surface area contributed by atoms with Crippen molar-refractivity contribution in [3.05, 3.63) is 162 Å². The zero-order valence-electron chi connectivity index (χ0n) is 28.2. The Kier molecular flexibility index (Phi) is 5.05. The molecule has 0 spiro atoms. The highest BCUT2D eigenvalue weighted by atomic mass is 14.9. The van der Waals surface area contributed by atoms with Crippen LogP contribution in [-0.4, -0.2) is 4.40 Å². The van der Waals surface area contributed by atoms with Crippen molar-refractivity contribution >= 4 is 38.1 Å². The van der Waals surface area contributed by atoms with Gasteiger partial charge < -0.3 is 4.40 Å². The first-order valence-corrected chi connectivity index (χ1v) is 17.5. The Morgan fingerprint density at radius 3 is 1.27 bits per heavy atom. The molecule has 232 valence electrons. The Labute approximate surface area is 286 Å². The number of rotatable bonds is 2. The molecule has 0 fully saturated rings. The first-order chi connectivity index (χ1) is 23.8. The monoisotopic (exact) mass is 625 g/mol. The third-order valence-electron chi connectivity index (χ3n) is 12.2. The molecule has 0 bridgehead atoms. The van der Waals surface area contributed by atoms with Crippen LogP contribution in [0.1, 0.15) is 49.9 Å². The van der Waals surface area contributed by atoms with Crippen molar-refractivity contribution in [1.29, 1.82) is 0 Å². The van der Waals surface area contributed by atoms with Gasteiger partial charge >= 0.3 is 0 Å². The molecular formula is C48H35N. The van der Waals surface area contributed by atoms with E-state index in [4.69, 9.17) is 0 Å². The van der Waals surface area contributed by atoms with Gasteiger partial charge in [0.2, 0.25) is 0 Å². The summed E-state index contributed by atoms with van der Waals surface area (Å²) in [4.78, 5) is 0. The minimum atomic E-state index is -0.0344. The van der Waals surface area contributed by atoms with Crippen molar-refractivity contribution in [2.75, 3.05) is 0 Å². The first kappa shape index (κ1) is 27.3. The molecule has 7 aromatic carbocycles. The second-order valence-corrected chi connectivity index (χ2v) is 15.3. The van der Waals surface area contributed by atoms with Crippen molar-refractivity contribution in [1.82, 2.24) is 4.40 Å². The van der Waals surface area contributed by atoms with Crippen molar-refractivity contribution in [2.45, 2.75) is 38.5 Å². The molecule has 2 aromatic heterocycles. The van der Waals surface area contributed by atoms with Gasteiger partial charge in [-0.3, -0.25) is 0 Å². The molecule has 2 aliphatic carbocycles. The number of para-hydroxylation sites is 1. The van der Waals surface area contributed by atoms with Gasteiger partial charge in [0.1, 0.15) is 0 Å². The Morgan fingerprint density at radius 1 is 0.367 bits per heavy atom. The number of benzene rings is 7. The lowest BCUT2D eigenvalue weighted by atomic mass is 9.81. The molecule has 2 aliphatic rings. The van der Waals surface area contributed by atoms with Crippen molar-refractivity contribution in [3.8, 4) is 44.5 Å². The van der Waals surface area contributed by atoms with Gasteiger partial charge in [-0.2, -0.15) is 0 Å². The van der Waals surface area contributed by atoms with Crippen LogP contribution in [0.3, 0.4) is 0 Å². The molecule has 0 atom stereocenters. The fourth-order valence-electron chi connectivity index (χ4n) is 9.80. The standard InChI is InChI=1S/C48H35N/c1-47(2)38-18-7-5-12-32(38)34-24-22-28(26-40(34)47)30-14-10-20-42-44(30)36-16-9-17-37-45-31(15-11-21-43(45)49(42)46(36)37)29-23-25-35-33-13-6-8-19-39(33)48(3,4)41(35)27-29/h5-27H,1-4H3. The van der Waals surface area contributed by atoms with Crippen LogP contribution >= 0.6 is 0 Å². The summed E-state index contributed by atoms with van der Waals surface area (Å²) in [5, 5.41) is 5.30. The number of nitrogens with zero attached hydrogens (tertiary/aromatic N) is 1. The van der Waals surface area contributed by atoms with Crippen LogP contribution in [0.25, 0.3) is 82.6 Å². The maximum absolute atomic E-state index is 2.53. The Bertz CT molecular complexity index is 2680. The van der Waals surface area contributed by atoms with Crippen LogP contribution in [0.2, 0.25) is 0 Å². The highest BCUT2D eigenvalue weighted by Gasteiger charge is 2.37. The predicted molar refractivity (Wildman–Crippen MR) is 207 cm³/mol. The maximum atomic E-state index is 2.53. The second-order valence-electron chi connectivity index (χ2n) is 15.3. The fraction of sp³-hybridized carbons (Fsp3) is 0.125. The zero-order valence-corrected chi connectivity index (χ0v) is 28.2. The smallest absolute Gasteiger partial charge is 0.0620 e. The summed E-state index contributed by atoms with van der Waals surface area (Å²) in [5.74, 6) is 0. The van der Waals surface area contributed by atoms with Crippen LogP contribution in [0.4, 0.5) is 0 Å². The summed E-state index contributed by atoms with van der Waals surface area (Å²) in [6, 6.07) is 52.8. The lowest BCUT2D eigenvalue weighted by Crippen LogP contribution is -2.14. The zero-order chi connectivity index (χ0) is 32.8. The van der Waals surface area contributed by atoms with E-state index in [1.165, 1.54) is 105 Å². The van der Waals surface area contributed by atoms with Gasteiger partial charge in [-0.15, -0.1) is 0 Å². The van der Waals surface area contributed by atoms with Gasteiger partial charge in [-0.05, 0) is 91.0 Å². The molecule has 0 saturated carbocycles. The third-order valence-corrected chi connectivity index (χ3v) is 12.2. The molecular weight excluding hydrogens is 591 g/mol. The SMILES string of the molecule is CC1(C)c2ccccc2-c2ccc(-c3cccc4c3c3cccc5c6c(-c7ccc8c(c7)C(C)(C)c7ccccc7-8)cccc6n4c35)cc21. The van der Waals surface area contributed by atoms with Crippen LogP contribution < -0.4 is 0 Å². The summed E-state index contributed by atoms with van der Waals surface area (Å²) in [6.07, 6.45) is 0. The van der Waals surface area contributed by atoms with Gasteiger partial charge in [0, 0.05) is 32.4 Å². The van der Waals surface area contributed by atoms with Crippen LogP contribution in [0.15, 0.2) is 140 Å². The molecule has 49 heavy (non-hydrogen) atoms. The summed E-state index contributed by atoms with van der Waals surface area (Å²) in [7, 11) is 0. The number of fused-ring (bicyclic) bond motifs is 12. The third kappa shape index (κ3) is 3.31. The Balaban J connectivity index is 1.14.